The minimum atomic E-state index is 0.299. The molecule has 0 saturated carbocycles. The van der Waals surface area contributed by atoms with E-state index >= 15 is 0 Å². The summed E-state index contributed by atoms with van der Waals surface area (Å²) >= 11 is 3.52. The van der Waals surface area contributed by atoms with Crippen LogP contribution in [0.25, 0.3) is 0 Å². The van der Waals surface area contributed by atoms with Crippen LogP contribution in [-0.2, 0) is 0 Å². The third kappa shape index (κ3) is 2.18. The van der Waals surface area contributed by atoms with Crippen molar-refractivity contribution in [2.75, 3.05) is 6.54 Å². The molecule has 1 unspecified atom stereocenters. The van der Waals surface area contributed by atoms with E-state index in [0.29, 0.717) is 11.5 Å². The summed E-state index contributed by atoms with van der Waals surface area (Å²) in [5.41, 5.74) is 1.74. The molecule has 14 heavy (non-hydrogen) atoms. The molecule has 0 radical (unpaired) electrons. The third-order valence-corrected chi connectivity index (χ3v) is 3.40. The normalized spacial score (nSPS) is 25.2. The summed E-state index contributed by atoms with van der Waals surface area (Å²) in [5.74, 6) is 0.669. The lowest BCUT2D eigenvalue weighted by Gasteiger charge is -2.17. The monoisotopic (exact) mass is 253 g/mol. The van der Waals surface area contributed by atoms with Crippen LogP contribution in [0, 0.1) is 0 Å². The zero-order valence-corrected chi connectivity index (χ0v) is 10.3. The Morgan fingerprint density at radius 3 is 2.79 bits per heavy atom. The van der Waals surface area contributed by atoms with Gasteiger partial charge in [-0.15, -0.1) is 0 Å². The predicted octanol–water partition coefficient (Wildman–Crippen LogP) is 3.30. The topological polar surface area (TPSA) is 12.0 Å². The molecule has 1 aliphatic rings. The van der Waals surface area contributed by atoms with E-state index in [1.165, 1.54) is 16.5 Å². The van der Waals surface area contributed by atoms with E-state index in [1.807, 2.05) is 0 Å². The molecule has 1 saturated heterocycles. The molecule has 0 amide bonds. The second-order valence-electron chi connectivity index (χ2n) is 4.72. The van der Waals surface area contributed by atoms with Crippen molar-refractivity contribution in [2.45, 2.75) is 31.7 Å². The maximum absolute atomic E-state index is 3.55. The Morgan fingerprint density at radius 1 is 1.43 bits per heavy atom. The highest BCUT2D eigenvalue weighted by Gasteiger charge is 2.30. The maximum atomic E-state index is 3.55. The lowest BCUT2D eigenvalue weighted by atomic mass is 9.91. The van der Waals surface area contributed by atoms with Crippen molar-refractivity contribution in [2.24, 2.45) is 0 Å². The molecule has 1 atom stereocenters. The summed E-state index contributed by atoms with van der Waals surface area (Å²) in [5, 5.41) is 3.55. The summed E-state index contributed by atoms with van der Waals surface area (Å²) in [6.45, 7) is 5.64. The molecule has 1 heterocycles. The zero-order valence-electron chi connectivity index (χ0n) is 8.68. The molecule has 0 aromatic heterocycles. The van der Waals surface area contributed by atoms with Crippen LogP contribution >= 0.6 is 15.9 Å². The van der Waals surface area contributed by atoms with E-state index in [-0.39, 0.29) is 0 Å². The standard InChI is InChI=1S/C12H16BrN/c1-12(2)7-10(8-14-12)9-4-3-5-11(13)6-9/h3-6,10,14H,7-8H2,1-2H3. The molecule has 1 aromatic carbocycles. The quantitative estimate of drug-likeness (QED) is 0.810. The molecule has 0 aliphatic carbocycles. The van der Waals surface area contributed by atoms with Crippen LogP contribution in [0.5, 0.6) is 0 Å². The highest BCUT2D eigenvalue weighted by molar-refractivity contribution is 9.10. The van der Waals surface area contributed by atoms with Crippen molar-refractivity contribution >= 4 is 15.9 Å². The Hall–Kier alpha value is -0.340. The average molecular weight is 254 g/mol. The minimum absolute atomic E-state index is 0.299. The van der Waals surface area contributed by atoms with E-state index in [2.05, 4.69) is 59.4 Å². The lowest BCUT2D eigenvalue weighted by molar-refractivity contribution is 0.456. The molecular weight excluding hydrogens is 238 g/mol. The molecule has 1 N–H and O–H groups in total. The van der Waals surface area contributed by atoms with E-state index in [9.17, 15) is 0 Å². The van der Waals surface area contributed by atoms with Gasteiger partial charge in [0, 0.05) is 16.6 Å². The van der Waals surface area contributed by atoms with E-state index < -0.39 is 0 Å². The molecule has 1 aromatic rings. The predicted molar refractivity (Wildman–Crippen MR) is 63.6 cm³/mol. The second-order valence-corrected chi connectivity index (χ2v) is 5.64. The van der Waals surface area contributed by atoms with Crippen LogP contribution in [0.3, 0.4) is 0 Å². The van der Waals surface area contributed by atoms with E-state index in [4.69, 9.17) is 0 Å². The second kappa shape index (κ2) is 3.67. The van der Waals surface area contributed by atoms with Gasteiger partial charge in [0.05, 0.1) is 0 Å². The summed E-state index contributed by atoms with van der Waals surface area (Å²) in [7, 11) is 0. The maximum Gasteiger partial charge on any atom is 0.0178 e. The molecule has 1 aliphatic heterocycles. The SMILES string of the molecule is CC1(C)CC(c2cccc(Br)c2)CN1. The summed E-state index contributed by atoms with van der Waals surface area (Å²) < 4.78 is 1.18. The number of hydrogen-bond acceptors (Lipinski definition) is 1. The lowest BCUT2D eigenvalue weighted by Crippen LogP contribution is -2.31. The number of rotatable bonds is 1. The number of benzene rings is 1. The smallest absolute Gasteiger partial charge is 0.0178 e. The van der Waals surface area contributed by atoms with Crippen molar-refractivity contribution in [1.82, 2.24) is 5.32 Å². The van der Waals surface area contributed by atoms with Crippen LogP contribution in [0.1, 0.15) is 31.7 Å². The van der Waals surface area contributed by atoms with Gasteiger partial charge in [0.1, 0.15) is 0 Å². The van der Waals surface area contributed by atoms with Crippen molar-refractivity contribution in [3.63, 3.8) is 0 Å². The fourth-order valence-corrected chi connectivity index (χ4v) is 2.57. The first kappa shape index (κ1) is 10.2. The van der Waals surface area contributed by atoms with Gasteiger partial charge in [-0.05, 0) is 43.9 Å². The molecule has 0 spiro atoms. The van der Waals surface area contributed by atoms with Gasteiger partial charge in [-0.1, -0.05) is 28.1 Å². The molecule has 1 fully saturated rings. The van der Waals surface area contributed by atoms with Gasteiger partial charge in [0.25, 0.3) is 0 Å². The number of hydrogen-bond donors (Lipinski definition) is 1. The summed E-state index contributed by atoms with van der Waals surface area (Å²) in [6, 6.07) is 8.65. The number of nitrogens with one attached hydrogen (secondary N) is 1. The Morgan fingerprint density at radius 2 is 2.21 bits per heavy atom. The average Bonchev–Trinajstić information content (AvgIpc) is 2.46. The molecule has 0 bridgehead atoms. The van der Waals surface area contributed by atoms with Gasteiger partial charge in [0.15, 0.2) is 0 Å². The van der Waals surface area contributed by atoms with Crippen LogP contribution < -0.4 is 5.32 Å². The zero-order chi connectivity index (χ0) is 10.2. The first-order valence-corrected chi connectivity index (χ1v) is 5.87. The Labute approximate surface area is 94.0 Å². The van der Waals surface area contributed by atoms with Gasteiger partial charge in [-0.2, -0.15) is 0 Å². The van der Waals surface area contributed by atoms with Crippen LogP contribution in [0.15, 0.2) is 28.7 Å². The third-order valence-electron chi connectivity index (χ3n) is 2.90. The van der Waals surface area contributed by atoms with Crippen LogP contribution in [0.2, 0.25) is 0 Å². The van der Waals surface area contributed by atoms with Gasteiger partial charge < -0.3 is 5.32 Å². The molecule has 1 nitrogen and oxygen atoms in total. The Bertz CT molecular complexity index is 333. The van der Waals surface area contributed by atoms with Gasteiger partial charge in [-0.25, -0.2) is 0 Å². The summed E-state index contributed by atoms with van der Waals surface area (Å²) in [6.07, 6.45) is 1.23. The molecular formula is C12H16BrN. The first-order valence-electron chi connectivity index (χ1n) is 5.07. The van der Waals surface area contributed by atoms with Gasteiger partial charge in [-0.3, -0.25) is 0 Å². The Balaban J connectivity index is 2.17. The largest absolute Gasteiger partial charge is 0.311 e. The fourth-order valence-electron chi connectivity index (χ4n) is 2.16. The van der Waals surface area contributed by atoms with E-state index in [0.717, 1.165) is 6.54 Å². The van der Waals surface area contributed by atoms with Crippen molar-refractivity contribution in [3.05, 3.63) is 34.3 Å². The Kier molecular flexibility index (Phi) is 2.67. The van der Waals surface area contributed by atoms with Gasteiger partial charge >= 0.3 is 0 Å². The van der Waals surface area contributed by atoms with Crippen LogP contribution in [-0.4, -0.2) is 12.1 Å². The van der Waals surface area contributed by atoms with Crippen molar-refractivity contribution < 1.29 is 0 Å². The van der Waals surface area contributed by atoms with Gasteiger partial charge in [0.2, 0.25) is 0 Å². The van der Waals surface area contributed by atoms with Crippen molar-refractivity contribution in [3.8, 4) is 0 Å². The molecule has 2 heteroatoms. The van der Waals surface area contributed by atoms with Crippen molar-refractivity contribution in [1.29, 1.82) is 0 Å². The fraction of sp³-hybridized carbons (Fsp3) is 0.500. The highest BCUT2D eigenvalue weighted by atomic mass is 79.9. The molecule has 2 rings (SSSR count). The first-order chi connectivity index (χ1) is 6.57. The minimum Gasteiger partial charge on any atom is -0.311 e. The van der Waals surface area contributed by atoms with Crippen LogP contribution in [0.4, 0.5) is 0 Å². The highest BCUT2D eigenvalue weighted by Crippen LogP contribution is 2.32. The summed E-state index contributed by atoms with van der Waals surface area (Å²) in [4.78, 5) is 0. The van der Waals surface area contributed by atoms with E-state index in [1.54, 1.807) is 0 Å². The molecule has 76 valence electrons. The number of halogens is 1.